The summed E-state index contributed by atoms with van der Waals surface area (Å²) in [5, 5.41) is 9.51. The van der Waals surface area contributed by atoms with Crippen LogP contribution in [0.5, 0.6) is 0 Å². The first-order valence-corrected chi connectivity index (χ1v) is 10.7. The van der Waals surface area contributed by atoms with E-state index in [0.717, 1.165) is 17.7 Å². The first kappa shape index (κ1) is 23.3. The molecule has 0 unspecified atom stereocenters. The molecule has 0 bridgehead atoms. The highest BCUT2D eigenvalue weighted by atomic mass is 32.2. The van der Waals surface area contributed by atoms with E-state index < -0.39 is 17.6 Å². The van der Waals surface area contributed by atoms with Gasteiger partial charge in [0.05, 0.1) is 28.8 Å². The van der Waals surface area contributed by atoms with Gasteiger partial charge in [-0.25, -0.2) is 9.97 Å². The highest BCUT2D eigenvalue weighted by Crippen LogP contribution is 2.30. The van der Waals surface area contributed by atoms with Gasteiger partial charge in [-0.3, -0.25) is 9.78 Å². The summed E-state index contributed by atoms with van der Waals surface area (Å²) in [6.07, 6.45) is 0.532. The van der Waals surface area contributed by atoms with Gasteiger partial charge in [0.1, 0.15) is 5.82 Å². The maximum atomic E-state index is 12.9. The first-order valence-electron chi connectivity index (χ1n) is 9.48. The second-order valence-corrected chi connectivity index (χ2v) is 7.50. The van der Waals surface area contributed by atoms with Crippen LogP contribution in [0.4, 0.5) is 30.4 Å². The van der Waals surface area contributed by atoms with Gasteiger partial charge in [-0.1, -0.05) is 17.8 Å². The van der Waals surface area contributed by atoms with Crippen LogP contribution >= 0.6 is 11.8 Å². The van der Waals surface area contributed by atoms with Gasteiger partial charge in [0.25, 0.3) is 5.91 Å². The fourth-order valence-electron chi connectivity index (χ4n) is 2.85. The van der Waals surface area contributed by atoms with E-state index in [2.05, 4.69) is 30.9 Å². The zero-order valence-electron chi connectivity index (χ0n) is 17.5. The smallest absolute Gasteiger partial charge is 0.379 e. The Labute approximate surface area is 187 Å². The van der Waals surface area contributed by atoms with Crippen molar-refractivity contribution in [2.24, 2.45) is 0 Å². The topological polar surface area (TPSA) is 91.8 Å². The largest absolute Gasteiger partial charge is 0.416 e. The Morgan fingerprint density at radius 2 is 1.94 bits per heavy atom. The molecule has 0 aliphatic heterocycles. The maximum absolute atomic E-state index is 12.9. The first-order chi connectivity index (χ1) is 15.2. The summed E-state index contributed by atoms with van der Waals surface area (Å²) < 4.78 is 38.7. The lowest BCUT2D eigenvalue weighted by Gasteiger charge is -2.14. The minimum absolute atomic E-state index is 0.0976. The van der Waals surface area contributed by atoms with Crippen LogP contribution < -0.4 is 16.0 Å². The summed E-state index contributed by atoms with van der Waals surface area (Å²) in [7, 11) is 1.77. The third-order valence-electron chi connectivity index (χ3n) is 4.53. The lowest BCUT2D eigenvalue weighted by atomic mass is 10.1. The molecule has 0 aliphatic rings. The molecule has 1 aromatic carbocycles. The molecule has 2 heterocycles. The molecule has 168 valence electrons. The van der Waals surface area contributed by atoms with E-state index in [1.807, 2.05) is 6.26 Å². The Kier molecular flexibility index (Phi) is 7.18. The van der Waals surface area contributed by atoms with Crippen LogP contribution in [0.3, 0.4) is 0 Å². The third kappa shape index (κ3) is 5.67. The Balaban J connectivity index is 1.74. The van der Waals surface area contributed by atoms with Gasteiger partial charge in [0, 0.05) is 30.9 Å². The molecule has 7 nitrogen and oxygen atoms in total. The van der Waals surface area contributed by atoms with E-state index >= 15 is 0 Å². The number of aryl methyl sites for hydroxylation is 1. The van der Waals surface area contributed by atoms with Crippen molar-refractivity contribution in [3.05, 3.63) is 65.1 Å². The van der Waals surface area contributed by atoms with Gasteiger partial charge in [-0.05, 0) is 37.4 Å². The van der Waals surface area contributed by atoms with Gasteiger partial charge < -0.3 is 16.0 Å². The summed E-state index contributed by atoms with van der Waals surface area (Å²) in [6.45, 7) is 2.20. The van der Waals surface area contributed by atoms with Crippen molar-refractivity contribution in [2.45, 2.75) is 24.8 Å². The third-order valence-corrected chi connectivity index (χ3v) is 5.09. The average molecular weight is 463 g/mol. The van der Waals surface area contributed by atoms with Gasteiger partial charge in [0.15, 0.2) is 5.16 Å². The number of alkyl halides is 3. The summed E-state index contributed by atoms with van der Waals surface area (Å²) in [5.74, 6) is 0.0303. The average Bonchev–Trinajstić information content (AvgIpc) is 2.78. The molecule has 0 saturated heterocycles. The van der Waals surface area contributed by atoms with E-state index in [4.69, 9.17) is 0 Å². The normalized spacial score (nSPS) is 11.2. The number of thioether (sulfide) groups is 1. The molecule has 0 spiro atoms. The molecule has 0 radical (unpaired) electrons. The summed E-state index contributed by atoms with van der Waals surface area (Å²) >= 11 is 1.44. The van der Waals surface area contributed by atoms with Crippen LogP contribution in [0.2, 0.25) is 0 Å². The number of rotatable bonds is 7. The Hall–Kier alpha value is -3.34. The molecule has 0 aliphatic carbocycles. The van der Waals surface area contributed by atoms with Crippen LogP contribution in [-0.4, -0.2) is 34.2 Å². The maximum Gasteiger partial charge on any atom is 0.416 e. The van der Waals surface area contributed by atoms with Gasteiger partial charge in [0.2, 0.25) is 0 Å². The second-order valence-electron chi connectivity index (χ2n) is 6.72. The minimum Gasteiger partial charge on any atom is -0.379 e. The number of hydrogen-bond acceptors (Lipinski definition) is 7. The van der Waals surface area contributed by atoms with E-state index in [1.165, 1.54) is 30.1 Å². The predicted octanol–water partition coefficient (Wildman–Crippen LogP) is 4.83. The number of benzene rings is 1. The molecule has 3 N–H and O–H groups in total. The van der Waals surface area contributed by atoms with Crippen molar-refractivity contribution in [1.29, 1.82) is 0 Å². The summed E-state index contributed by atoms with van der Waals surface area (Å²) in [5.41, 5.74) is 1.55. The number of carbonyl (C=O) groups excluding carboxylic acids is 1. The van der Waals surface area contributed by atoms with Crippen LogP contribution in [-0.2, 0) is 12.7 Å². The number of halogens is 3. The number of hydrogen-bond donors (Lipinski definition) is 3. The van der Waals surface area contributed by atoms with Crippen LogP contribution in [0.1, 0.15) is 27.2 Å². The molecule has 32 heavy (non-hydrogen) atoms. The molecular weight excluding hydrogens is 441 g/mol. The molecule has 3 aromatic rings. The number of pyridine rings is 1. The molecule has 3 rings (SSSR count). The second kappa shape index (κ2) is 9.86. The van der Waals surface area contributed by atoms with Crippen molar-refractivity contribution < 1.29 is 18.0 Å². The highest BCUT2D eigenvalue weighted by molar-refractivity contribution is 7.98. The SMILES string of the molecule is CNc1nc(SC)ncc1CNc1cc(NC(=O)c2cccc(C(F)(F)F)c2)cnc1C. The Morgan fingerprint density at radius 3 is 2.62 bits per heavy atom. The molecule has 0 fully saturated rings. The van der Waals surface area contributed by atoms with Crippen LogP contribution in [0.25, 0.3) is 0 Å². The zero-order chi connectivity index (χ0) is 23.3. The molecule has 0 saturated carbocycles. The number of amides is 1. The van der Waals surface area contributed by atoms with Gasteiger partial charge in [-0.2, -0.15) is 13.2 Å². The lowest BCUT2D eigenvalue weighted by molar-refractivity contribution is -0.137. The fraction of sp³-hybridized carbons (Fsp3) is 0.238. The summed E-state index contributed by atoms with van der Waals surface area (Å²) in [6, 6.07) is 5.92. The Morgan fingerprint density at radius 1 is 1.16 bits per heavy atom. The molecule has 0 atom stereocenters. The lowest BCUT2D eigenvalue weighted by Crippen LogP contribution is -2.14. The molecule has 11 heteroatoms. The number of nitrogens with one attached hydrogen (secondary N) is 3. The van der Waals surface area contributed by atoms with E-state index in [-0.39, 0.29) is 5.56 Å². The fourth-order valence-corrected chi connectivity index (χ4v) is 3.19. The monoisotopic (exact) mass is 462 g/mol. The van der Waals surface area contributed by atoms with E-state index in [0.29, 0.717) is 34.6 Å². The quantitative estimate of drug-likeness (QED) is 0.342. The van der Waals surface area contributed by atoms with Crippen molar-refractivity contribution >= 4 is 34.9 Å². The number of carbonyl (C=O) groups is 1. The van der Waals surface area contributed by atoms with Crippen molar-refractivity contribution in [1.82, 2.24) is 15.0 Å². The van der Waals surface area contributed by atoms with Crippen LogP contribution in [0.15, 0.2) is 47.9 Å². The predicted molar refractivity (Wildman–Crippen MR) is 119 cm³/mol. The molecular formula is C21H21F3N6OS. The number of nitrogens with zero attached hydrogens (tertiary/aromatic N) is 3. The Bertz CT molecular complexity index is 1120. The number of aromatic nitrogens is 3. The van der Waals surface area contributed by atoms with Crippen molar-refractivity contribution in [3.8, 4) is 0 Å². The van der Waals surface area contributed by atoms with Crippen LogP contribution in [0, 0.1) is 6.92 Å². The van der Waals surface area contributed by atoms with Gasteiger partial charge in [-0.15, -0.1) is 0 Å². The summed E-state index contributed by atoms with van der Waals surface area (Å²) in [4.78, 5) is 25.4. The van der Waals surface area contributed by atoms with Crippen molar-refractivity contribution in [2.75, 3.05) is 29.3 Å². The van der Waals surface area contributed by atoms with Crippen molar-refractivity contribution in [3.63, 3.8) is 0 Å². The zero-order valence-corrected chi connectivity index (χ0v) is 18.4. The molecule has 2 aromatic heterocycles. The van der Waals surface area contributed by atoms with E-state index in [1.54, 1.807) is 26.2 Å². The highest BCUT2D eigenvalue weighted by Gasteiger charge is 2.30. The standard InChI is InChI=1S/C21H21F3N6OS/c1-12-17(27-9-14-10-28-20(32-3)30-18(14)25-2)8-16(11-26-12)29-19(31)13-5-4-6-15(7-13)21(22,23)24/h4-8,10-11,27H,9H2,1-3H3,(H,29,31)(H,25,28,30). The number of anilines is 3. The molecule has 1 amide bonds. The van der Waals surface area contributed by atoms with Gasteiger partial charge >= 0.3 is 6.18 Å². The minimum atomic E-state index is -4.53. The van der Waals surface area contributed by atoms with E-state index in [9.17, 15) is 18.0 Å².